The number of nitrogens with zero attached hydrogens (tertiary/aromatic N) is 5. The van der Waals surface area contributed by atoms with Crippen LogP contribution < -0.4 is 4.57 Å². The number of hydrogen-bond acceptors (Lipinski definition) is 5. The van der Waals surface area contributed by atoms with Gasteiger partial charge in [-0.15, -0.1) is 0 Å². The van der Waals surface area contributed by atoms with E-state index in [1.165, 1.54) is 31.3 Å². The Labute approximate surface area is 163 Å². The van der Waals surface area contributed by atoms with Gasteiger partial charge in [0.1, 0.15) is 11.9 Å². The molecule has 1 saturated carbocycles. The molecule has 9 nitrogen and oxygen atoms in total. The van der Waals surface area contributed by atoms with Crippen molar-refractivity contribution in [3.05, 3.63) is 11.9 Å². The molecular formula is C19H26N5O4+. The minimum absolute atomic E-state index is 0.00330. The summed E-state index contributed by atoms with van der Waals surface area (Å²) >= 11 is 0. The largest absolute Gasteiger partial charge is 0.469 e. The normalized spacial score (nSPS) is 22.2. The Kier molecular flexibility index (Phi) is 4.68. The molecule has 3 amide bonds. The third kappa shape index (κ3) is 2.80. The molecule has 1 aromatic rings. The molecule has 4 rings (SSSR count). The van der Waals surface area contributed by atoms with Gasteiger partial charge in [-0.3, -0.25) is 19.4 Å². The third-order valence-electron chi connectivity index (χ3n) is 5.96. The summed E-state index contributed by atoms with van der Waals surface area (Å²) in [6, 6.07) is -0.754. The standard InChI is InChI=1S/C19H26N5O4/c1-12-11-23-15-16(20-18(23)24(12)13-7-5-4-6-8-13)21(2)19(27)22(17(15)26)10-9-14(25)28-3/h11,13,15H,4-10H2,1-3H3/q+1. The van der Waals surface area contributed by atoms with Gasteiger partial charge in [0, 0.05) is 13.6 Å². The lowest BCUT2D eigenvalue weighted by Crippen LogP contribution is -2.62. The number of urea groups is 1. The zero-order valence-electron chi connectivity index (χ0n) is 16.6. The molecule has 1 unspecified atom stereocenters. The molecule has 1 aromatic heterocycles. The van der Waals surface area contributed by atoms with Crippen molar-refractivity contribution >= 4 is 29.7 Å². The van der Waals surface area contributed by atoms with Gasteiger partial charge in [-0.2, -0.15) is 0 Å². The van der Waals surface area contributed by atoms with Gasteiger partial charge in [-0.05, 0) is 32.6 Å². The van der Waals surface area contributed by atoms with Crippen molar-refractivity contribution in [1.82, 2.24) is 14.4 Å². The van der Waals surface area contributed by atoms with Crippen molar-refractivity contribution in [1.29, 1.82) is 0 Å². The average Bonchev–Trinajstić information content (AvgIpc) is 3.21. The summed E-state index contributed by atoms with van der Waals surface area (Å²) in [4.78, 5) is 44.5. The van der Waals surface area contributed by atoms with Gasteiger partial charge in [0.25, 0.3) is 5.91 Å². The average molecular weight is 388 g/mol. The summed E-state index contributed by atoms with van der Waals surface area (Å²) in [6.07, 6.45) is 7.78. The SMILES string of the molecule is COC(=O)CCN1C(=O)C2C(=Nc3n(C4CCCCC4)c(C)c[n+]32)N(C)C1=O. The van der Waals surface area contributed by atoms with Crippen LogP contribution in [0.25, 0.3) is 0 Å². The fourth-order valence-corrected chi connectivity index (χ4v) is 4.50. The second-order valence-corrected chi connectivity index (χ2v) is 7.67. The van der Waals surface area contributed by atoms with E-state index in [0.717, 1.165) is 29.4 Å². The van der Waals surface area contributed by atoms with Crippen LogP contribution >= 0.6 is 0 Å². The quantitative estimate of drug-likeness (QED) is 0.579. The maximum absolute atomic E-state index is 13.1. The van der Waals surface area contributed by atoms with Crippen LogP contribution in [0.2, 0.25) is 0 Å². The first-order valence-corrected chi connectivity index (χ1v) is 9.81. The summed E-state index contributed by atoms with van der Waals surface area (Å²) in [5.41, 5.74) is 1.07. The first kappa shape index (κ1) is 18.6. The van der Waals surface area contributed by atoms with Crippen molar-refractivity contribution < 1.29 is 23.7 Å². The number of fused-ring (bicyclic) bond motifs is 3. The Balaban J connectivity index is 1.68. The number of rotatable bonds is 4. The van der Waals surface area contributed by atoms with Crippen LogP contribution in [-0.4, -0.2) is 58.8 Å². The van der Waals surface area contributed by atoms with Gasteiger partial charge in [-0.25, -0.2) is 13.9 Å². The molecule has 28 heavy (non-hydrogen) atoms. The lowest BCUT2D eigenvalue weighted by atomic mass is 9.95. The second kappa shape index (κ2) is 7.03. The molecule has 1 aliphatic carbocycles. The van der Waals surface area contributed by atoms with Crippen LogP contribution in [0.5, 0.6) is 0 Å². The van der Waals surface area contributed by atoms with Crippen LogP contribution in [0, 0.1) is 6.92 Å². The zero-order valence-corrected chi connectivity index (χ0v) is 16.6. The number of aromatic nitrogens is 2. The highest BCUT2D eigenvalue weighted by Gasteiger charge is 2.53. The number of carbonyl (C=O) groups is 3. The van der Waals surface area contributed by atoms with Crippen molar-refractivity contribution in [2.75, 3.05) is 20.7 Å². The van der Waals surface area contributed by atoms with Crippen LogP contribution in [0.1, 0.15) is 56.3 Å². The van der Waals surface area contributed by atoms with E-state index in [-0.39, 0.29) is 18.9 Å². The van der Waals surface area contributed by atoms with Crippen LogP contribution in [0.15, 0.2) is 11.2 Å². The number of carbonyl (C=O) groups excluding carboxylic acids is 3. The molecule has 1 atom stereocenters. The Bertz CT molecular complexity index is 868. The van der Waals surface area contributed by atoms with E-state index in [2.05, 4.69) is 9.30 Å². The number of amides is 3. The van der Waals surface area contributed by atoms with Gasteiger partial charge in [0.15, 0.2) is 0 Å². The molecule has 2 aliphatic heterocycles. The van der Waals surface area contributed by atoms with E-state index >= 15 is 0 Å². The number of aliphatic imine (C=N–C) groups is 1. The molecule has 150 valence electrons. The highest BCUT2D eigenvalue weighted by molar-refractivity contribution is 6.19. The number of esters is 1. The predicted molar refractivity (Wildman–Crippen MR) is 99.1 cm³/mol. The van der Waals surface area contributed by atoms with Crippen LogP contribution in [0.4, 0.5) is 10.7 Å². The molecule has 0 spiro atoms. The molecule has 0 bridgehead atoms. The zero-order chi connectivity index (χ0) is 20.0. The lowest BCUT2D eigenvalue weighted by Gasteiger charge is -2.32. The topological polar surface area (TPSA) is 88.1 Å². The Morgan fingerprint density at radius 3 is 2.68 bits per heavy atom. The monoisotopic (exact) mass is 388 g/mol. The molecule has 0 aromatic carbocycles. The van der Waals surface area contributed by atoms with Crippen molar-refractivity contribution in [3.63, 3.8) is 0 Å². The lowest BCUT2D eigenvalue weighted by molar-refractivity contribution is -0.677. The van der Waals surface area contributed by atoms with Gasteiger partial charge in [0.2, 0.25) is 11.9 Å². The fourth-order valence-electron chi connectivity index (χ4n) is 4.50. The minimum Gasteiger partial charge on any atom is -0.469 e. The Morgan fingerprint density at radius 2 is 2.00 bits per heavy atom. The minimum atomic E-state index is -0.668. The van der Waals surface area contributed by atoms with Crippen molar-refractivity contribution in [2.45, 2.75) is 57.5 Å². The second-order valence-electron chi connectivity index (χ2n) is 7.67. The first-order chi connectivity index (χ1) is 13.4. The predicted octanol–water partition coefficient (Wildman–Crippen LogP) is 1.63. The number of methoxy groups -OCH3 is 1. The third-order valence-corrected chi connectivity index (χ3v) is 5.96. The highest BCUT2D eigenvalue weighted by atomic mass is 16.5. The molecule has 9 heteroatoms. The summed E-state index contributed by atoms with van der Waals surface area (Å²) in [7, 11) is 2.91. The number of ether oxygens (including phenoxy) is 1. The van der Waals surface area contributed by atoms with E-state index in [1.54, 1.807) is 7.05 Å². The molecule has 3 aliphatic rings. The number of hydrogen-bond donors (Lipinski definition) is 0. The number of aryl methyl sites for hydroxylation is 1. The molecular weight excluding hydrogens is 362 g/mol. The summed E-state index contributed by atoms with van der Waals surface area (Å²) < 4.78 is 8.72. The number of imide groups is 1. The van der Waals surface area contributed by atoms with Crippen LogP contribution in [0.3, 0.4) is 0 Å². The molecule has 0 radical (unpaired) electrons. The maximum Gasteiger partial charge on any atom is 0.402 e. The summed E-state index contributed by atoms with van der Waals surface area (Å²) in [5, 5.41) is 0. The van der Waals surface area contributed by atoms with Gasteiger partial charge >= 0.3 is 17.9 Å². The van der Waals surface area contributed by atoms with Gasteiger partial charge in [-0.1, -0.05) is 11.4 Å². The van der Waals surface area contributed by atoms with E-state index < -0.39 is 18.0 Å². The molecule has 0 N–H and O–H groups in total. The van der Waals surface area contributed by atoms with Crippen molar-refractivity contribution in [3.8, 4) is 0 Å². The summed E-state index contributed by atoms with van der Waals surface area (Å²) in [5.74, 6) is 0.369. The number of likely N-dealkylation sites (N-methyl/N-ethyl adjacent to an activating group) is 1. The Morgan fingerprint density at radius 1 is 1.29 bits per heavy atom. The Hall–Kier alpha value is -2.71. The van der Waals surface area contributed by atoms with Crippen LogP contribution in [-0.2, 0) is 14.3 Å². The van der Waals surface area contributed by atoms with E-state index in [9.17, 15) is 14.4 Å². The van der Waals surface area contributed by atoms with Gasteiger partial charge < -0.3 is 4.74 Å². The number of imidazole rings is 1. The van der Waals surface area contributed by atoms with Gasteiger partial charge in [0.05, 0.1) is 19.6 Å². The molecule has 2 fully saturated rings. The number of amidine groups is 1. The summed E-state index contributed by atoms with van der Waals surface area (Å²) in [6.45, 7) is 2.03. The first-order valence-electron chi connectivity index (χ1n) is 9.81. The van der Waals surface area contributed by atoms with E-state index in [0.29, 0.717) is 11.9 Å². The highest BCUT2D eigenvalue weighted by Crippen LogP contribution is 2.36. The van der Waals surface area contributed by atoms with Crippen molar-refractivity contribution in [2.24, 2.45) is 4.99 Å². The molecule has 1 saturated heterocycles. The maximum atomic E-state index is 13.1. The van der Waals surface area contributed by atoms with E-state index in [4.69, 9.17) is 4.99 Å². The fraction of sp³-hybridized carbons (Fsp3) is 0.632. The smallest absolute Gasteiger partial charge is 0.402 e. The van der Waals surface area contributed by atoms with E-state index in [1.807, 2.05) is 17.7 Å². The molecule has 3 heterocycles.